The number of fused-ring (bicyclic) bond motifs is 1. The Labute approximate surface area is 116 Å². The Morgan fingerprint density at radius 1 is 1.11 bits per heavy atom. The maximum atomic E-state index is 6.00. The molecule has 104 valence electrons. The topological polar surface area (TPSA) is 25.2 Å². The van der Waals surface area contributed by atoms with Crippen LogP contribution in [0.4, 0.5) is 0 Å². The van der Waals surface area contributed by atoms with Crippen LogP contribution in [0.3, 0.4) is 0 Å². The van der Waals surface area contributed by atoms with Gasteiger partial charge in [-0.3, -0.25) is 0 Å². The summed E-state index contributed by atoms with van der Waals surface area (Å²) in [6.07, 6.45) is 1.18. The van der Waals surface area contributed by atoms with Crippen LogP contribution in [0.15, 0.2) is 28.7 Å². The van der Waals surface area contributed by atoms with E-state index in [1.807, 2.05) is 12.1 Å². The summed E-state index contributed by atoms with van der Waals surface area (Å²) in [5.74, 6) is 1.78. The molecule has 2 unspecified atom stereocenters. The molecule has 2 nitrogen and oxygen atoms in total. The van der Waals surface area contributed by atoms with Crippen molar-refractivity contribution in [1.29, 1.82) is 0 Å². The van der Waals surface area contributed by atoms with E-state index in [1.165, 1.54) is 17.4 Å². The van der Waals surface area contributed by atoms with Crippen molar-refractivity contribution in [2.75, 3.05) is 0 Å². The summed E-state index contributed by atoms with van der Waals surface area (Å²) in [4.78, 5) is 0. The van der Waals surface area contributed by atoms with Crippen molar-refractivity contribution in [3.8, 4) is 0 Å². The second-order valence-corrected chi connectivity index (χ2v) is 6.01. The quantitative estimate of drug-likeness (QED) is 0.832. The van der Waals surface area contributed by atoms with E-state index < -0.39 is 0 Å². The lowest BCUT2D eigenvalue weighted by Crippen LogP contribution is -2.30. The van der Waals surface area contributed by atoms with Crippen molar-refractivity contribution in [3.05, 3.63) is 35.6 Å². The minimum absolute atomic E-state index is 0.251. The van der Waals surface area contributed by atoms with Gasteiger partial charge in [0.05, 0.1) is 6.04 Å². The average Bonchev–Trinajstić information content (AvgIpc) is 2.66. The zero-order valence-corrected chi connectivity index (χ0v) is 12.7. The van der Waals surface area contributed by atoms with Gasteiger partial charge in [0.15, 0.2) is 0 Å². The third-order valence-electron chi connectivity index (χ3n) is 3.63. The molecule has 0 fully saturated rings. The fourth-order valence-electron chi connectivity index (χ4n) is 2.88. The molecule has 0 saturated carbocycles. The smallest absolute Gasteiger partial charge is 0.134 e. The molecule has 1 heterocycles. The Hall–Kier alpha value is -1.28. The van der Waals surface area contributed by atoms with Crippen LogP contribution in [-0.2, 0) is 0 Å². The zero-order chi connectivity index (χ0) is 14.0. The Balaban J connectivity index is 2.17. The third-order valence-corrected chi connectivity index (χ3v) is 3.63. The summed E-state index contributed by atoms with van der Waals surface area (Å²) in [6, 6.07) is 9.00. The van der Waals surface area contributed by atoms with Crippen LogP contribution in [0.2, 0.25) is 0 Å². The molecule has 0 spiro atoms. The highest BCUT2D eigenvalue weighted by Gasteiger charge is 2.18. The fraction of sp³-hybridized carbons (Fsp3) is 0.529. The van der Waals surface area contributed by atoms with Gasteiger partial charge in [-0.2, -0.15) is 0 Å². The molecule has 1 N–H and O–H groups in total. The number of hydrogen-bond acceptors (Lipinski definition) is 2. The summed E-state index contributed by atoms with van der Waals surface area (Å²) in [5, 5.41) is 4.86. The van der Waals surface area contributed by atoms with E-state index in [9.17, 15) is 0 Å². The van der Waals surface area contributed by atoms with Crippen LogP contribution in [0.25, 0.3) is 11.0 Å². The van der Waals surface area contributed by atoms with E-state index in [0.717, 1.165) is 11.3 Å². The van der Waals surface area contributed by atoms with E-state index in [-0.39, 0.29) is 6.04 Å². The van der Waals surface area contributed by atoms with Gasteiger partial charge in [0.2, 0.25) is 0 Å². The van der Waals surface area contributed by atoms with E-state index in [4.69, 9.17) is 4.42 Å². The molecule has 0 aliphatic carbocycles. The van der Waals surface area contributed by atoms with Crippen LogP contribution in [0, 0.1) is 12.8 Å². The summed E-state index contributed by atoms with van der Waals surface area (Å²) < 4.78 is 6.00. The Morgan fingerprint density at radius 3 is 2.42 bits per heavy atom. The number of benzene rings is 1. The predicted molar refractivity (Wildman–Crippen MR) is 81.4 cm³/mol. The number of hydrogen-bond donors (Lipinski definition) is 1. The Kier molecular flexibility index (Phi) is 4.31. The molecule has 1 aromatic carbocycles. The molecule has 2 atom stereocenters. The van der Waals surface area contributed by atoms with Crippen LogP contribution >= 0.6 is 0 Å². The molecular formula is C17H25NO. The van der Waals surface area contributed by atoms with Crippen LogP contribution in [-0.4, -0.2) is 6.04 Å². The summed E-state index contributed by atoms with van der Waals surface area (Å²) >= 11 is 0. The maximum absolute atomic E-state index is 6.00. The highest BCUT2D eigenvalue weighted by molar-refractivity contribution is 5.82. The van der Waals surface area contributed by atoms with Crippen molar-refractivity contribution < 1.29 is 4.42 Å². The van der Waals surface area contributed by atoms with Crippen LogP contribution in [0.1, 0.15) is 51.5 Å². The van der Waals surface area contributed by atoms with Gasteiger partial charge in [-0.05, 0) is 44.7 Å². The second-order valence-electron chi connectivity index (χ2n) is 6.01. The van der Waals surface area contributed by atoms with E-state index in [2.05, 4.69) is 52.1 Å². The number of aryl methyl sites for hydroxylation is 1. The first kappa shape index (κ1) is 14.1. The monoisotopic (exact) mass is 259 g/mol. The first-order valence-electron chi connectivity index (χ1n) is 7.23. The lowest BCUT2D eigenvalue weighted by Gasteiger charge is -2.20. The summed E-state index contributed by atoms with van der Waals surface area (Å²) in [6.45, 7) is 11.1. The first-order chi connectivity index (χ1) is 8.99. The SMILES string of the molecule is Cc1c(C(C)NC(C)CC(C)C)oc2ccccc12. The van der Waals surface area contributed by atoms with Crippen LogP contribution < -0.4 is 5.32 Å². The van der Waals surface area contributed by atoms with Crippen molar-refractivity contribution in [1.82, 2.24) is 5.32 Å². The molecule has 0 aliphatic rings. The van der Waals surface area contributed by atoms with Gasteiger partial charge >= 0.3 is 0 Å². The van der Waals surface area contributed by atoms with Crippen LogP contribution in [0.5, 0.6) is 0 Å². The molecule has 0 saturated heterocycles. The Morgan fingerprint density at radius 2 is 1.79 bits per heavy atom. The molecule has 0 aliphatic heterocycles. The van der Waals surface area contributed by atoms with Crippen molar-refractivity contribution >= 4 is 11.0 Å². The molecular weight excluding hydrogens is 234 g/mol. The lowest BCUT2D eigenvalue weighted by atomic mass is 10.0. The molecule has 2 heteroatoms. The number of furan rings is 1. The van der Waals surface area contributed by atoms with Gasteiger partial charge in [-0.25, -0.2) is 0 Å². The highest BCUT2D eigenvalue weighted by Crippen LogP contribution is 2.29. The molecule has 2 rings (SSSR count). The molecule has 1 aromatic heterocycles. The molecule has 0 bridgehead atoms. The Bertz CT molecular complexity index is 541. The molecule has 0 radical (unpaired) electrons. The number of nitrogens with one attached hydrogen (secondary N) is 1. The number of rotatable bonds is 5. The summed E-state index contributed by atoms with van der Waals surface area (Å²) in [7, 11) is 0. The van der Waals surface area contributed by atoms with Gasteiger partial charge in [-0.15, -0.1) is 0 Å². The average molecular weight is 259 g/mol. The van der Waals surface area contributed by atoms with Crippen molar-refractivity contribution in [2.45, 2.75) is 53.1 Å². The molecule has 19 heavy (non-hydrogen) atoms. The molecule has 2 aromatic rings. The normalized spacial score (nSPS) is 15.1. The predicted octanol–water partition coefficient (Wildman–Crippen LogP) is 4.83. The zero-order valence-electron chi connectivity index (χ0n) is 12.7. The standard InChI is InChI=1S/C17H25NO/c1-11(2)10-12(3)18-14(5)17-13(4)15-8-6-7-9-16(15)19-17/h6-9,11-12,14,18H,10H2,1-5H3. The molecule has 0 amide bonds. The summed E-state index contributed by atoms with van der Waals surface area (Å²) in [5.41, 5.74) is 2.24. The highest BCUT2D eigenvalue weighted by atomic mass is 16.3. The van der Waals surface area contributed by atoms with Crippen molar-refractivity contribution in [2.24, 2.45) is 5.92 Å². The van der Waals surface area contributed by atoms with E-state index in [1.54, 1.807) is 0 Å². The fourth-order valence-corrected chi connectivity index (χ4v) is 2.88. The minimum atomic E-state index is 0.251. The first-order valence-corrected chi connectivity index (χ1v) is 7.23. The van der Waals surface area contributed by atoms with E-state index >= 15 is 0 Å². The van der Waals surface area contributed by atoms with Gasteiger partial charge in [0, 0.05) is 11.4 Å². The third kappa shape index (κ3) is 3.19. The van der Waals surface area contributed by atoms with E-state index in [0.29, 0.717) is 12.0 Å². The van der Waals surface area contributed by atoms with Crippen molar-refractivity contribution in [3.63, 3.8) is 0 Å². The van der Waals surface area contributed by atoms with Gasteiger partial charge in [0.25, 0.3) is 0 Å². The van der Waals surface area contributed by atoms with Gasteiger partial charge < -0.3 is 9.73 Å². The lowest BCUT2D eigenvalue weighted by molar-refractivity contribution is 0.371. The minimum Gasteiger partial charge on any atom is -0.459 e. The second kappa shape index (κ2) is 5.79. The maximum Gasteiger partial charge on any atom is 0.134 e. The van der Waals surface area contributed by atoms with Gasteiger partial charge in [0.1, 0.15) is 11.3 Å². The number of para-hydroxylation sites is 1. The van der Waals surface area contributed by atoms with Gasteiger partial charge in [-0.1, -0.05) is 32.0 Å². The largest absolute Gasteiger partial charge is 0.459 e.